The van der Waals surface area contributed by atoms with Crippen LogP contribution in [-0.4, -0.2) is 9.13 Å². The van der Waals surface area contributed by atoms with E-state index < -0.39 is 0 Å². The van der Waals surface area contributed by atoms with E-state index in [0.717, 1.165) is 77.6 Å². The molecule has 0 fully saturated rings. The van der Waals surface area contributed by atoms with Gasteiger partial charge >= 0.3 is 0 Å². The zero-order valence-electron chi connectivity index (χ0n) is 29.1. The molecule has 0 saturated carbocycles. The summed E-state index contributed by atoms with van der Waals surface area (Å²) in [4.78, 5) is 0. The van der Waals surface area contributed by atoms with Crippen LogP contribution in [0.5, 0.6) is 0 Å². The number of benzene rings is 8. The Morgan fingerprint density at radius 2 is 0.870 bits per heavy atom. The lowest BCUT2D eigenvalue weighted by atomic mass is 9.92. The Bertz CT molecular complexity index is 3110. The Morgan fingerprint density at radius 1 is 0.352 bits per heavy atom. The second-order valence-corrected chi connectivity index (χ2v) is 13.6. The molecule has 4 heteroatoms. The highest BCUT2D eigenvalue weighted by atomic mass is 15.0. The quantitative estimate of drug-likeness (QED) is 0.181. The number of para-hydroxylation sites is 4. The zero-order chi connectivity index (χ0) is 36.2. The Balaban J connectivity index is 1.31. The van der Waals surface area contributed by atoms with E-state index in [9.17, 15) is 10.5 Å². The van der Waals surface area contributed by atoms with Gasteiger partial charge in [-0.3, -0.25) is 0 Å². The topological polar surface area (TPSA) is 57.4 Å². The molecule has 10 aromatic rings. The molecule has 2 aromatic heterocycles. The van der Waals surface area contributed by atoms with Crippen molar-refractivity contribution in [3.05, 3.63) is 193 Å². The van der Waals surface area contributed by atoms with Crippen molar-refractivity contribution in [1.29, 1.82) is 10.5 Å². The molecule has 0 spiro atoms. The first-order chi connectivity index (χ1) is 26.7. The number of nitrogens with zero attached hydrogens (tertiary/aromatic N) is 4. The van der Waals surface area contributed by atoms with Crippen molar-refractivity contribution in [1.82, 2.24) is 9.13 Å². The normalized spacial score (nSPS) is 11.3. The maximum atomic E-state index is 11.1. The summed E-state index contributed by atoms with van der Waals surface area (Å²) in [5, 5.41) is 25.3. The van der Waals surface area contributed by atoms with Crippen LogP contribution in [0.3, 0.4) is 0 Å². The minimum atomic E-state index is 0.554. The molecule has 2 heterocycles. The first-order valence-corrected chi connectivity index (χ1v) is 18.0. The van der Waals surface area contributed by atoms with E-state index >= 15 is 0 Å². The minimum Gasteiger partial charge on any atom is -0.309 e. The van der Waals surface area contributed by atoms with Gasteiger partial charge in [0.2, 0.25) is 0 Å². The largest absolute Gasteiger partial charge is 0.309 e. The van der Waals surface area contributed by atoms with Crippen LogP contribution in [0.1, 0.15) is 11.1 Å². The molecule has 54 heavy (non-hydrogen) atoms. The van der Waals surface area contributed by atoms with Crippen molar-refractivity contribution in [3.8, 4) is 56.9 Å². The fourth-order valence-electron chi connectivity index (χ4n) is 8.18. The monoisotopic (exact) mass is 686 g/mol. The van der Waals surface area contributed by atoms with Crippen molar-refractivity contribution < 1.29 is 0 Å². The predicted molar refractivity (Wildman–Crippen MR) is 221 cm³/mol. The Hall–Kier alpha value is -7.66. The van der Waals surface area contributed by atoms with Crippen molar-refractivity contribution in [3.63, 3.8) is 0 Å². The van der Waals surface area contributed by atoms with Crippen LogP contribution >= 0.6 is 0 Å². The smallest absolute Gasteiger partial charge is 0.101 e. The third-order valence-corrected chi connectivity index (χ3v) is 10.6. The number of fused-ring (bicyclic) bond motifs is 6. The third-order valence-electron chi connectivity index (χ3n) is 10.6. The van der Waals surface area contributed by atoms with E-state index in [-0.39, 0.29) is 0 Å². The molecule has 0 aliphatic heterocycles. The van der Waals surface area contributed by atoms with Crippen LogP contribution in [0.4, 0.5) is 0 Å². The van der Waals surface area contributed by atoms with Crippen LogP contribution in [-0.2, 0) is 0 Å². The van der Waals surface area contributed by atoms with Gasteiger partial charge in [-0.15, -0.1) is 0 Å². The summed E-state index contributed by atoms with van der Waals surface area (Å²) in [6, 6.07) is 67.8. The number of rotatable bonds is 5. The molecule has 0 amide bonds. The molecule has 0 saturated heterocycles. The van der Waals surface area contributed by atoms with Crippen molar-refractivity contribution in [2.45, 2.75) is 0 Å². The predicted octanol–water partition coefficient (Wildman–Crippen LogP) is 12.6. The average Bonchev–Trinajstić information content (AvgIpc) is 3.76. The molecular formula is C50H30N4. The lowest BCUT2D eigenvalue weighted by molar-refractivity contribution is 1.15. The highest BCUT2D eigenvalue weighted by Crippen LogP contribution is 2.43. The van der Waals surface area contributed by atoms with Crippen LogP contribution in [0.25, 0.3) is 88.4 Å². The minimum absolute atomic E-state index is 0.554. The van der Waals surface area contributed by atoms with Gasteiger partial charge in [-0.25, -0.2) is 0 Å². The average molecular weight is 687 g/mol. The van der Waals surface area contributed by atoms with Gasteiger partial charge in [-0.2, -0.15) is 10.5 Å². The number of hydrogen-bond donors (Lipinski definition) is 0. The highest BCUT2D eigenvalue weighted by molar-refractivity contribution is 6.12. The molecular weight excluding hydrogens is 657 g/mol. The van der Waals surface area contributed by atoms with Gasteiger partial charge in [0.05, 0.1) is 50.6 Å². The van der Waals surface area contributed by atoms with E-state index in [0.29, 0.717) is 11.1 Å². The summed E-state index contributed by atoms with van der Waals surface area (Å²) in [5.41, 5.74) is 13.3. The lowest BCUT2D eigenvalue weighted by Crippen LogP contribution is -2.04. The Kier molecular flexibility index (Phi) is 7.22. The molecule has 0 aliphatic carbocycles. The molecule has 0 atom stereocenters. The fourth-order valence-corrected chi connectivity index (χ4v) is 8.18. The summed E-state index contributed by atoms with van der Waals surface area (Å²) in [6.07, 6.45) is 0. The number of aromatic nitrogens is 2. The number of nitriles is 2. The van der Waals surface area contributed by atoms with Gasteiger partial charge in [0.15, 0.2) is 0 Å². The fraction of sp³-hybridized carbons (Fsp3) is 0. The van der Waals surface area contributed by atoms with Crippen LogP contribution in [0.15, 0.2) is 182 Å². The third kappa shape index (κ3) is 4.83. The summed E-state index contributed by atoms with van der Waals surface area (Å²) < 4.78 is 4.56. The van der Waals surface area contributed by atoms with Gasteiger partial charge in [-0.05, 0) is 76.9 Å². The molecule has 0 aliphatic rings. The summed E-state index contributed by atoms with van der Waals surface area (Å²) in [7, 11) is 0. The van der Waals surface area contributed by atoms with Crippen molar-refractivity contribution >= 4 is 43.6 Å². The maximum Gasteiger partial charge on any atom is 0.101 e. The summed E-state index contributed by atoms with van der Waals surface area (Å²) >= 11 is 0. The molecule has 0 unspecified atom stereocenters. The number of hydrogen-bond acceptors (Lipinski definition) is 2. The molecule has 0 bridgehead atoms. The standard InChI is InChI=1S/C50H30N4/c51-31-33-22-27-49-43(28-33)41-16-6-11-21-48(41)54(49)50-38(32-52)29-37(36-25-23-35(24-26-36)34-12-2-1-3-13-34)30-44(50)42-17-7-10-20-47(42)53-45-18-8-4-14-39(45)40-15-5-9-19-46(40)53/h1-30H. The molecule has 0 N–H and O–H groups in total. The van der Waals surface area contributed by atoms with Gasteiger partial charge in [0.1, 0.15) is 6.07 Å². The Morgan fingerprint density at radius 3 is 1.52 bits per heavy atom. The second kappa shape index (κ2) is 12.5. The van der Waals surface area contributed by atoms with Crippen LogP contribution in [0, 0.1) is 22.7 Å². The maximum absolute atomic E-state index is 11.1. The van der Waals surface area contributed by atoms with E-state index in [1.807, 2.05) is 42.5 Å². The highest BCUT2D eigenvalue weighted by Gasteiger charge is 2.23. The molecule has 0 radical (unpaired) electrons. The van der Waals surface area contributed by atoms with Gasteiger partial charge in [0, 0.05) is 32.7 Å². The summed E-state index contributed by atoms with van der Waals surface area (Å²) in [6.45, 7) is 0. The lowest BCUT2D eigenvalue weighted by Gasteiger charge is -2.21. The second-order valence-electron chi connectivity index (χ2n) is 13.6. The van der Waals surface area contributed by atoms with E-state index in [4.69, 9.17) is 0 Å². The van der Waals surface area contributed by atoms with Gasteiger partial charge < -0.3 is 9.13 Å². The summed E-state index contributed by atoms with van der Waals surface area (Å²) in [5.74, 6) is 0. The van der Waals surface area contributed by atoms with Crippen molar-refractivity contribution in [2.24, 2.45) is 0 Å². The van der Waals surface area contributed by atoms with E-state index in [1.54, 1.807) is 0 Å². The molecule has 8 aromatic carbocycles. The SMILES string of the molecule is N#Cc1ccc2c(c1)c1ccccc1n2-c1c(C#N)cc(-c2ccc(-c3ccccc3)cc2)cc1-c1ccccc1-n1c2ccccc2c2ccccc21. The first kappa shape index (κ1) is 31.1. The first-order valence-electron chi connectivity index (χ1n) is 18.0. The molecule has 4 nitrogen and oxygen atoms in total. The van der Waals surface area contributed by atoms with E-state index in [2.05, 4.69) is 161 Å². The van der Waals surface area contributed by atoms with Gasteiger partial charge in [-0.1, -0.05) is 127 Å². The van der Waals surface area contributed by atoms with Crippen LogP contribution in [0.2, 0.25) is 0 Å². The van der Waals surface area contributed by atoms with Gasteiger partial charge in [0.25, 0.3) is 0 Å². The van der Waals surface area contributed by atoms with Crippen molar-refractivity contribution in [2.75, 3.05) is 0 Å². The molecule has 10 rings (SSSR count). The Labute approximate surface area is 312 Å². The van der Waals surface area contributed by atoms with E-state index in [1.165, 1.54) is 10.8 Å². The zero-order valence-corrected chi connectivity index (χ0v) is 29.1. The molecule has 250 valence electrons. The van der Waals surface area contributed by atoms with Crippen LogP contribution < -0.4 is 0 Å².